The summed E-state index contributed by atoms with van der Waals surface area (Å²) >= 11 is 5.83. The average molecular weight is 580 g/mol. The van der Waals surface area contributed by atoms with Crippen LogP contribution in [-0.2, 0) is 12.7 Å². The van der Waals surface area contributed by atoms with Crippen molar-refractivity contribution in [3.05, 3.63) is 99.8 Å². The SMILES string of the molecule is O=C(NC1CCC(Cn2c(=O)n(-c3cnc4ccccc4c3)c3ccccc32)CC1)c1cc(Cl)cnc1C(F)(F)F. The number of hydrogen-bond acceptors (Lipinski definition) is 4. The standard InChI is InChI=1S/C30H25ClF3N5O2/c31-20-14-23(27(36-15-20)30(32,33)34)28(40)37-21-11-9-18(10-12-21)17-38-25-7-3-4-8-26(25)39(29(38)41)22-13-19-5-1-2-6-24(19)35-16-22/h1-8,13-16,18,21H,9-12,17H2,(H,37,40). The summed E-state index contributed by atoms with van der Waals surface area (Å²) in [5.41, 5.74) is 1.12. The molecule has 2 aromatic carbocycles. The number of alkyl halides is 3. The zero-order valence-corrected chi connectivity index (χ0v) is 22.5. The Labute approximate surface area is 237 Å². The summed E-state index contributed by atoms with van der Waals surface area (Å²) in [6, 6.07) is 18.0. The molecular formula is C30H25ClF3N5O2. The minimum Gasteiger partial charge on any atom is -0.349 e. The lowest BCUT2D eigenvalue weighted by Gasteiger charge is -2.29. The first-order chi connectivity index (χ1) is 19.7. The van der Waals surface area contributed by atoms with E-state index >= 15 is 0 Å². The van der Waals surface area contributed by atoms with Crippen LogP contribution in [0.15, 0.2) is 77.9 Å². The number of nitrogens with one attached hydrogen (secondary N) is 1. The van der Waals surface area contributed by atoms with Gasteiger partial charge in [-0.2, -0.15) is 13.2 Å². The molecule has 3 aromatic heterocycles. The van der Waals surface area contributed by atoms with Crippen LogP contribution in [0.2, 0.25) is 5.02 Å². The van der Waals surface area contributed by atoms with Crippen molar-refractivity contribution in [2.75, 3.05) is 0 Å². The zero-order chi connectivity index (χ0) is 28.7. The first-order valence-corrected chi connectivity index (χ1v) is 13.7. The fourth-order valence-electron chi connectivity index (χ4n) is 5.66. The van der Waals surface area contributed by atoms with Crippen molar-refractivity contribution < 1.29 is 18.0 Å². The highest BCUT2D eigenvalue weighted by atomic mass is 35.5. The number of pyridine rings is 2. The second-order valence-corrected chi connectivity index (χ2v) is 10.8. The van der Waals surface area contributed by atoms with Gasteiger partial charge in [0.1, 0.15) is 0 Å². The Bertz CT molecular complexity index is 1820. The molecule has 1 saturated carbocycles. The number of para-hydroxylation sites is 3. The number of carbonyl (C=O) groups excluding carboxylic acids is 1. The molecule has 0 spiro atoms. The monoisotopic (exact) mass is 579 g/mol. The predicted octanol–water partition coefficient (Wildman–Crippen LogP) is 6.40. The molecule has 0 bridgehead atoms. The van der Waals surface area contributed by atoms with Crippen molar-refractivity contribution in [1.29, 1.82) is 0 Å². The molecule has 7 nitrogen and oxygen atoms in total. The summed E-state index contributed by atoms with van der Waals surface area (Å²) in [7, 11) is 0. The van der Waals surface area contributed by atoms with E-state index < -0.39 is 23.3 Å². The van der Waals surface area contributed by atoms with Crippen molar-refractivity contribution in [2.24, 2.45) is 5.92 Å². The summed E-state index contributed by atoms with van der Waals surface area (Å²) in [6.07, 6.45) is 0.365. The van der Waals surface area contributed by atoms with Crippen LogP contribution in [-0.4, -0.2) is 31.1 Å². The number of halogens is 4. The van der Waals surface area contributed by atoms with Crippen LogP contribution in [0.3, 0.4) is 0 Å². The maximum Gasteiger partial charge on any atom is 0.434 e. The van der Waals surface area contributed by atoms with Gasteiger partial charge in [-0.25, -0.2) is 9.78 Å². The molecule has 0 saturated heterocycles. The molecule has 0 aliphatic heterocycles. The highest BCUT2D eigenvalue weighted by Crippen LogP contribution is 2.32. The number of carbonyl (C=O) groups is 1. The lowest BCUT2D eigenvalue weighted by atomic mass is 9.85. The van der Waals surface area contributed by atoms with E-state index in [0.717, 1.165) is 34.2 Å². The molecule has 1 aliphatic rings. The van der Waals surface area contributed by atoms with Crippen LogP contribution in [0, 0.1) is 5.92 Å². The smallest absolute Gasteiger partial charge is 0.349 e. The summed E-state index contributed by atoms with van der Waals surface area (Å²) in [5.74, 6) is -0.688. The number of aromatic nitrogens is 4. The minimum atomic E-state index is -4.77. The molecule has 210 valence electrons. The van der Waals surface area contributed by atoms with E-state index in [4.69, 9.17) is 11.6 Å². The fraction of sp³-hybridized carbons (Fsp3) is 0.267. The Balaban J connectivity index is 1.19. The molecule has 1 fully saturated rings. The summed E-state index contributed by atoms with van der Waals surface area (Å²) in [4.78, 5) is 34.4. The molecule has 5 aromatic rings. The number of imidazole rings is 1. The highest BCUT2D eigenvalue weighted by molar-refractivity contribution is 6.30. The van der Waals surface area contributed by atoms with Gasteiger partial charge in [0.05, 0.1) is 39.0 Å². The van der Waals surface area contributed by atoms with Crippen LogP contribution >= 0.6 is 11.6 Å². The van der Waals surface area contributed by atoms with Gasteiger partial charge in [-0.1, -0.05) is 41.9 Å². The number of rotatable bonds is 5. The molecule has 3 heterocycles. The second-order valence-electron chi connectivity index (χ2n) is 10.3. The average Bonchev–Trinajstić information content (AvgIpc) is 3.23. The molecule has 1 aliphatic carbocycles. The van der Waals surface area contributed by atoms with E-state index in [1.807, 2.05) is 54.6 Å². The largest absolute Gasteiger partial charge is 0.434 e. The number of hydrogen-bond donors (Lipinski definition) is 1. The van der Waals surface area contributed by atoms with E-state index in [1.165, 1.54) is 0 Å². The normalized spacial score (nSPS) is 17.7. The van der Waals surface area contributed by atoms with Gasteiger partial charge in [0.25, 0.3) is 5.91 Å². The van der Waals surface area contributed by atoms with E-state index in [0.29, 0.717) is 37.9 Å². The van der Waals surface area contributed by atoms with Gasteiger partial charge in [-0.15, -0.1) is 0 Å². The van der Waals surface area contributed by atoms with Gasteiger partial charge < -0.3 is 5.32 Å². The molecule has 0 radical (unpaired) electrons. The van der Waals surface area contributed by atoms with Crippen molar-refractivity contribution in [2.45, 2.75) is 44.4 Å². The Morgan fingerprint density at radius 1 is 0.951 bits per heavy atom. The van der Waals surface area contributed by atoms with Crippen molar-refractivity contribution in [1.82, 2.24) is 24.4 Å². The Morgan fingerprint density at radius 3 is 2.41 bits per heavy atom. The van der Waals surface area contributed by atoms with Crippen molar-refractivity contribution >= 4 is 39.4 Å². The van der Waals surface area contributed by atoms with E-state index in [9.17, 15) is 22.8 Å². The Morgan fingerprint density at radius 2 is 1.66 bits per heavy atom. The molecular weight excluding hydrogens is 555 g/mol. The van der Waals surface area contributed by atoms with Crippen LogP contribution in [0.4, 0.5) is 13.2 Å². The van der Waals surface area contributed by atoms with Crippen molar-refractivity contribution in [3.63, 3.8) is 0 Å². The highest BCUT2D eigenvalue weighted by Gasteiger charge is 2.38. The molecule has 41 heavy (non-hydrogen) atoms. The number of nitrogens with zero attached hydrogens (tertiary/aromatic N) is 4. The quantitative estimate of drug-likeness (QED) is 0.261. The third-order valence-corrected chi connectivity index (χ3v) is 7.87. The summed E-state index contributed by atoms with van der Waals surface area (Å²) in [5, 5.41) is 3.61. The lowest BCUT2D eigenvalue weighted by molar-refractivity contribution is -0.141. The summed E-state index contributed by atoms with van der Waals surface area (Å²) < 4.78 is 43.6. The fourth-order valence-corrected chi connectivity index (χ4v) is 5.82. The van der Waals surface area contributed by atoms with Gasteiger partial charge in [0.15, 0.2) is 5.69 Å². The third-order valence-electron chi connectivity index (χ3n) is 7.66. The van der Waals surface area contributed by atoms with Crippen LogP contribution in [0.5, 0.6) is 0 Å². The maximum absolute atomic E-state index is 13.7. The predicted molar refractivity (Wildman–Crippen MR) is 150 cm³/mol. The molecule has 0 atom stereocenters. The number of benzene rings is 2. The first-order valence-electron chi connectivity index (χ1n) is 13.3. The Kier molecular flexibility index (Phi) is 7.03. The van der Waals surface area contributed by atoms with Gasteiger partial charge in [-0.3, -0.25) is 18.9 Å². The third kappa shape index (κ3) is 5.31. The van der Waals surface area contributed by atoms with Gasteiger partial charge >= 0.3 is 11.9 Å². The van der Waals surface area contributed by atoms with E-state index in [2.05, 4.69) is 15.3 Å². The zero-order valence-electron chi connectivity index (χ0n) is 21.7. The lowest BCUT2D eigenvalue weighted by Crippen LogP contribution is -2.39. The Hall–Kier alpha value is -4.18. The van der Waals surface area contributed by atoms with Gasteiger partial charge in [-0.05, 0) is 61.9 Å². The topological polar surface area (TPSA) is 81.8 Å². The van der Waals surface area contributed by atoms with Gasteiger partial charge in [0, 0.05) is 24.2 Å². The molecule has 1 amide bonds. The van der Waals surface area contributed by atoms with E-state index in [1.54, 1.807) is 15.3 Å². The maximum atomic E-state index is 13.7. The van der Waals surface area contributed by atoms with Crippen LogP contribution in [0.25, 0.3) is 27.6 Å². The minimum absolute atomic E-state index is 0.0454. The van der Waals surface area contributed by atoms with Gasteiger partial charge in [0.2, 0.25) is 0 Å². The second kappa shape index (κ2) is 10.7. The van der Waals surface area contributed by atoms with E-state index in [-0.39, 0.29) is 22.7 Å². The number of fused-ring (bicyclic) bond motifs is 2. The first kappa shape index (κ1) is 27.0. The summed E-state index contributed by atoms with van der Waals surface area (Å²) in [6.45, 7) is 0.491. The molecule has 11 heteroatoms. The van der Waals surface area contributed by atoms with Crippen molar-refractivity contribution in [3.8, 4) is 5.69 Å². The number of amides is 1. The van der Waals surface area contributed by atoms with Crippen LogP contribution in [0.1, 0.15) is 41.7 Å². The van der Waals surface area contributed by atoms with Crippen LogP contribution < -0.4 is 11.0 Å². The molecule has 1 N–H and O–H groups in total. The molecule has 0 unspecified atom stereocenters. The molecule has 6 rings (SSSR count).